The first-order valence-corrected chi connectivity index (χ1v) is 14.0. The molecule has 35 heavy (non-hydrogen) atoms. The van der Waals surface area contributed by atoms with E-state index in [0.717, 1.165) is 24.8 Å². The van der Waals surface area contributed by atoms with Crippen LogP contribution in [0.4, 0.5) is 0 Å². The number of unbranched alkanes of at least 4 members (excludes halogenated alkanes) is 13. The minimum Gasteiger partial charge on any atom is -0.542 e. The van der Waals surface area contributed by atoms with Crippen LogP contribution in [-0.4, -0.2) is 29.5 Å². The van der Waals surface area contributed by atoms with Gasteiger partial charge in [0, 0.05) is 0 Å². The zero-order valence-corrected chi connectivity index (χ0v) is 26.0. The number of carboxylic acid groups (broad SMARTS) is 1. The topological polar surface area (TPSA) is 116 Å². The molecule has 0 aliphatic heterocycles. The van der Waals surface area contributed by atoms with Crippen molar-refractivity contribution in [3.05, 3.63) is 41.7 Å². The fourth-order valence-electron chi connectivity index (χ4n) is 3.38. The Labute approximate surface area is 254 Å². The molecule has 196 valence electrons. The Morgan fingerprint density at radius 1 is 0.857 bits per heavy atom. The maximum absolute atomic E-state index is 10.4. The number of aliphatic carboxylic acids is 1. The monoisotopic (exact) mass is 538 g/mol. The van der Waals surface area contributed by atoms with E-state index in [4.69, 9.17) is 9.79 Å². The van der Waals surface area contributed by atoms with E-state index in [1.165, 1.54) is 83.8 Å². The van der Waals surface area contributed by atoms with Gasteiger partial charge in [-0.25, -0.2) is 4.57 Å². The van der Waals surface area contributed by atoms with Crippen molar-refractivity contribution in [2.24, 2.45) is 0 Å². The van der Waals surface area contributed by atoms with Gasteiger partial charge in [0.2, 0.25) is 0 Å². The maximum Gasteiger partial charge on any atom is 1.00 e. The number of carbonyl (C=O) groups is 1. The van der Waals surface area contributed by atoms with Crippen molar-refractivity contribution in [1.29, 1.82) is 0 Å². The van der Waals surface area contributed by atoms with Gasteiger partial charge < -0.3 is 24.4 Å². The summed E-state index contributed by atoms with van der Waals surface area (Å²) in [7, 11) is -2.96. The molecule has 0 heterocycles. The van der Waals surface area contributed by atoms with Crippen LogP contribution in [0.3, 0.4) is 0 Å². The first-order valence-electron chi connectivity index (χ1n) is 12.5. The normalized spacial score (nSPS) is 11.3. The van der Waals surface area contributed by atoms with Crippen LogP contribution in [0.2, 0.25) is 0 Å². The molecule has 0 saturated heterocycles. The van der Waals surface area contributed by atoms with Crippen molar-refractivity contribution in [3.63, 3.8) is 0 Å². The van der Waals surface area contributed by atoms with Crippen molar-refractivity contribution in [2.75, 3.05) is 13.7 Å². The van der Waals surface area contributed by atoms with Crippen LogP contribution in [0.25, 0.3) is 6.08 Å². The Morgan fingerprint density at radius 2 is 1.29 bits per heavy atom. The Kier molecular flexibility index (Phi) is 27.2. The number of rotatable bonds is 19. The summed E-state index contributed by atoms with van der Waals surface area (Å²) in [6.45, 7) is 2.42. The second kappa shape index (κ2) is 25.6. The molecule has 7 nitrogen and oxygen atoms in total. The van der Waals surface area contributed by atoms with Gasteiger partial charge in [0.05, 0.1) is 13.7 Å². The van der Waals surface area contributed by atoms with Crippen LogP contribution in [0.5, 0.6) is 0 Å². The van der Waals surface area contributed by atoms with Crippen molar-refractivity contribution in [1.82, 2.24) is 0 Å². The summed E-state index contributed by atoms with van der Waals surface area (Å²) in [5, 5.41) is 10.4. The molecular weight excluding hydrogens is 494 g/mol. The molecule has 1 aromatic rings. The molecular formula is C26H44KO7P. The molecule has 0 aromatic heterocycles. The number of carbonyl (C=O) groups excluding carboxylic acids is 1. The summed E-state index contributed by atoms with van der Waals surface area (Å²) in [6.07, 6.45) is 19.2. The minimum absolute atomic E-state index is 0. The van der Waals surface area contributed by atoms with Crippen molar-refractivity contribution >= 4 is 19.9 Å². The molecule has 0 bridgehead atoms. The smallest absolute Gasteiger partial charge is 0.542 e. The van der Waals surface area contributed by atoms with Gasteiger partial charge in [-0.2, -0.15) is 0 Å². The van der Waals surface area contributed by atoms with Gasteiger partial charge in [-0.15, -0.1) is 0 Å². The van der Waals surface area contributed by atoms with Gasteiger partial charge >= 0.3 is 59.2 Å². The summed E-state index contributed by atoms with van der Waals surface area (Å²) in [6, 6.07) is 9.04. The van der Waals surface area contributed by atoms with Crippen LogP contribution in [0.15, 0.2) is 36.1 Å². The number of hydrogen-bond donors (Lipinski definition) is 2. The van der Waals surface area contributed by atoms with Crippen LogP contribution < -0.4 is 56.5 Å². The van der Waals surface area contributed by atoms with Crippen LogP contribution in [-0.2, 0) is 18.6 Å². The number of phosphoric ester groups is 1. The molecule has 1 aromatic carbocycles. The first-order chi connectivity index (χ1) is 16.3. The Balaban J connectivity index is 0. The zero-order chi connectivity index (χ0) is 25.5. The van der Waals surface area contributed by atoms with E-state index in [1.807, 2.05) is 18.2 Å². The van der Waals surface area contributed by atoms with E-state index in [-0.39, 0.29) is 63.8 Å². The van der Waals surface area contributed by atoms with Gasteiger partial charge in [-0.1, -0.05) is 121 Å². The molecule has 9 heteroatoms. The first kappa shape index (κ1) is 37.1. The Bertz CT molecular complexity index is 692. The number of phosphoric acid groups is 1. The van der Waals surface area contributed by atoms with E-state index in [2.05, 4.69) is 16.2 Å². The number of methoxy groups -OCH3 is 1. The third-order valence-corrected chi connectivity index (χ3v) is 5.79. The van der Waals surface area contributed by atoms with Crippen LogP contribution >= 0.6 is 7.82 Å². The summed E-state index contributed by atoms with van der Waals surface area (Å²) < 4.78 is 19.5. The minimum atomic E-state index is -4.25. The standard InChI is InChI=1S/C16H35O4P.C10H10O3.K/c1-2-3-4-5-6-7-8-9-10-11-12-13-14-15-16-20-21(17,18)19;1-13-9(10(11)12)7-8-5-3-2-4-6-8;/h2-16H2,1H3,(H2,17,18,19);2-7H,1H3,(H,11,12);/q;;+1/p-1. The van der Waals surface area contributed by atoms with Crippen molar-refractivity contribution in [3.8, 4) is 0 Å². The molecule has 0 fully saturated rings. The Hall–Kier alpha value is -0.0236. The predicted molar refractivity (Wildman–Crippen MR) is 135 cm³/mol. The number of carboxylic acids is 1. The van der Waals surface area contributed by atoms with Gasteiger partial charge in [0.25, 0.3) is 0 Å². The molecule has 0 atom stereocenters. The number of ether oxygens (including phenoxy) is 1. The summed E-state index contributed by atoms with van der Waals surface area (Å²) in [4.78, 5) is 27.5. The molecule has 1 rings (SSSR count). The maximum atomic E-state index is 10.4. The van der Waals surface area contributed by atoms with Crippen LogP contribution in [0, 0.1) is 0 Å². The fraction of sp³-hybridized carbons (Fsp3) is 0.654. The largest absolute Gasteiger partial charge is 1.00 e. The average Bonchev–Trinajstić information content (AvgIpc) is 2.80. The van der Waals surface area contributed by atoms with E-state index >= 15 is 0 Å². The third-order valence-electron chi connectivity index (χ3n) is 5.28. The molecule has 0 unspecified atom stereocenters. The van der Waals surface area contributed by atoms with E-state index < -0.39 is 13.8 Å². The zero-order valence-electron chi connectivity index (χ0n) is 22.0. The quantitative estimate of drug-likeness (QED) is 0.0915. The molecule has 0 amide bonds. The molecule has 0 saturated carbocycles. The van der Waals surface area contributed by atoms with E-state index in [9.17, 15) is 14.5 Å². The summed E-state index contributed by atoms with van der Waals surface area (Å²) >= 11 is 0. The third kappa shape index (κ3) is 26.8. The summed E-state index contributed by atoms with van der Waals surface area (Å²) in [5.74, 6) is -1.49. The van der Waals surface area contributed by atoms with Gasteiger partial charge in [0.1, 0.15) is 11.7 Å². The average molecular weight is 539 g/mol. The number of hydrogen-bond acceptors (Lipinski definition) is 5. The van der Waals surface area contributed by atoms with Crippen molar-refractivity contribution < 1.29 is 84.9 Å². The molecule has 2 N–H and O–H groups in total. The fourth-order valence-corrected chi connectivity index (χ4v) is 3.75. The van der Waals surface area contributed by atoms with Crippen molar-refractivity contribution in [2.45, 2.75) is 96.8 Å². The van der Waals surface area contributed by atoms with Crippen LogP contribution in [0.1, 0.15) is 102 Å². The van der Waals surface area contributed by atoms with E-state index in [1.54, 1.807) is 12.1 Å². The van der Waals surface area contributed by atoms with Gasteiger partial charge in [-0.3, -0.25) is 4.52 Å². The summed E-state index contributed by atoms with van der Waals surface area (Å²) in [5.41, 5.74) is 0.767. The van der Waals surface area contributed by atoms with Gasteiger partial charge in [0.15, 0.2) is 0 Å². The second-order valence-corrected chi connectivity index (χ2v) is 9.57. The molecule has 0 aliphatic carbocycles. The SMILES string of the molecule is CCCCCCCCCCCCCCCCOP(=O)(O)O.COC(=Cc1ccccc1)C(=O)[O-].[K+]. The molecule has 0 aliphatic rings. The predicted octanol–water partition coefficient (Wildman–Crippen LogP) is 3.00. The van der Waals surface area contributed by atoms with Gasteiger partial charge in [-0.05, 0) is 18.1 Å². The molecule has 0 radical (unpaired) electrons. The number of benzene rings is 1. The molecule has 0 spiro atoms. The Morgan fingerprint density at radius 3 is 1.66 bits per heavy atom. The second-order valence-electron chi connectivity index (χ2n) is 8.33. The van der Waals surface area contributed by atoms with E-state index in [0.29, 0.717) is 0 Å².